The van der Waals surface area contributed by atoms with Gasteiger partial charge in [0.05, 0.1) is 21.4 Å². The summed E-state index contributed by atoms with van der Waals surface area (Å²) in [5, 5.41) is 7.58. The Balaban J connectivity index is 0.000000271. The van der Waals surface area contributed by atoms with Crippen molar-refractivity contribution in [2.75, 3.05) is 30.8 Å². The third-order valence-electron chi connectivity index (χ3n) is 5.94. The van der Waals surface area contributed by atoms with Gasteiger partial charge in [-0.3, -0.25) is 4.79 Å². The molecule has 5 aromatic rings. The maximum atomic E-state index is 10.9. The van der Waals surface area contributed by atoms with Crippen molar-refractivity contribution in [2.45, 2.75) is 6.42 Å². The molecule has 0 saturated carbocycles. The van der Waals surface area contributed by atoms with Crippen LogP contribution in [0.2, 0.25) is 0 Å². The van der Waals surface area contributed by atoms with Crippen LogP contribution in [0.15, 0.2) is 78.4 Å². The Morgan fingerprint density at radius 1 is 1.06 bits per heavy atom. The predicted octanol–water partition coefficient (Wildman–Crippen LogP) is 5.89. The summed E-state index contributed by atoms with van der Waals surface area (Å²) in [6.07, 6.45) is 5.66. The van der Waals surface area contributed by atoms with Crippen LogP contribution in [0.25, 0.3) is 26.8 Å². The first-order valence-corrected chi connectivity index (χ1v) is 12.3. The molecule has 2 aromatic carbocycles. The highest BCUT2D eigenvalue weighted by molar-refractivity contribution is 7.16. The molecule has 0 fully saturated rings. The van der Waals surface area contributed by atoms with Gasteiger partial charge < -0.3 is 20.5 Å². The number of H-pyrrole nitrogens is 1. The summed E-state index contributed by atoms with van der Waals surface area (Å²) in [6, 6.07) is 20.4. The summed E-state index contributed by atoms with van der Waals surface area (Å²) in [5.41, 5.74) is 9.22. The summed E-state index contributed by atoms with van der Waals surface area (Å²) in [7, 11) is 1.91. The van der Waals surface area contributed by atoms with Crippen LogP contribution >= 0.6 is 11.3 Å². The number of aromatic nitrogens is 3. The molecule has 0 unspecified atom stereocenters. The largest absolute Gasteiger partial charge is 0.388 e. The zero-order chi connectivity index (χ0) is 24.0. The fourth-order valence-corrected chi connectivity index (χ4v) is 4.74. The topological polar surface area (TPSA) is 85.9 Å². The molecule has 3 N–H and O–H groups in total. The SMILES string of the molecule is CNc1ccccc1.O=CN1CC=C(c2cc3c(Nc4ccc5ncsc5c4)ccnc3[nH]2)CC1. The molecule has 4 heterocycles. The van der Waals surface area contributed by atoms with Crippen LogP contribution in [0, 0.1) is 0 Å². The lowest BCUT2D eigenvalue weighted by Crippen LogP contribution is -2.26. The van der Waals surface area contributed by atoms with Gasteiger partial charge in [-0.25, -0.2) is 9.97 Å². The Morgan fingerprint density at radius 3 is 2.69 bits per heavy atom. The summed E-state index contributed by atoms with van der Waals surface area (Å²) >= 11 is 1.63. The number of aromatic amines is 1. The zero-order valence-corrected chi connectivity index (χ0v) is 20.2. The summed E-state index contributed by atoms with van der Waals surface area (Å²) in [5.74, 6) is 0. The van der Waals surface area contributed by atoms with Gasteiger partial charge >= 0.3 is 0 Å². The number of rotatable bonds is 5. The highest BCUT2D eigenvalue weighted by Crippen LogP contribution is 2.31. The maximum absolute atomic E-state index is 10.9. The Kier molecular flexibility index (Phi) is 6.72. The van der Waals surface area contributed by atoms with Gasteiger partial charge in [0.15, 0.2) is 0 Å². The van der Waals surface area contributed by atoms with Crippen LogP contribution in [-0.2, 0) is 4.79 Å². The first-order chi connectivity index (χ1) is 17.2. The van der Waals surface area contributed by atoms with E-state index in [1.165, 1.54) is 5.57 Å². The number of amides is 1. The van der Waals surface area contributed by atoms with E-state index in [-0.39, 0.29) is 0 Å². The van der Waals surface area contributed by atoms with E-state index in [2.05, 4.69) is 43.8 Å². The van der Waals surface area contributed by atoms with Gasteiger partial charge in [-0.05, 0) is 54.5 Å². The van der Waals surface area contributed by atoms with Crippen LogP contribution in [0.5, 0.6) is 0 Å². The second-order valence-electron chi connectivity index (χ2n) is 8.16. The third kappa shape index (κ3) is 5.17. The highest BCUT2D eigenvalue weighted by Gasteiger charge is 2.15. The number of nitrogens with zero attached hydrogens (tertiary/aromatic N) is 3. The normalized spacial score (nSPS) is 13.2. The number of nitrogens with one attached hydrogen (secondary N) is 3. The molecule has 0 radical (unpaired) electrons. The molecule has 1 aliphatic rings. The molecule has 35 heavy (non-hydrogen) atoms. The smallest absolute Gasteiger partial charge is 0.209 e. The fourth-order valence-electron chi connectivity index (χ4n) is 4.03. The van der Waals surface area contributed by atoms with Gasteiger partial charge in [-0.2, -0.15) is 0 Å². The molecular formula is C27H26N6OS. The first-order valence-electron chi connectivity index (χ1n) is 11.4. The first kappa shape index (κ1) is 22.6. The number of benzene rings is 2. The molecule has 176 valence electrons. The number of carbonyl (C=O) groups is 1. The molecule has 1 aliphatic heterocycles. The molecule has 7 nitrogen and oxygen atoms in total. The molecule has 0 bridgehead atoms. The number of anilines is 3. The molecule has 0 saturated heterocycles. The highest BCUT2D eigenvalue weighted by atomic mass is 32.1. The van der Waals surface area contributed by atoms with Crippen LogP contribution in [0.4, 0.5) is 17.1 Å². The van der Waals surface area contributed by atoms with Crippen molar-refractivity contribution in [1.82, 2.24) is 19.9 Å². The van der Waals surface area contributed by atoms with Crippen LogP contribution in [0.1, 0.15) is 12.1 Å². The van der Waals surface area contributed by atoms with E-state index < -0.39 is 0 Å². The minimum Gasteiger partial charge on any atom is -0.388 e. The minimum atomic E-state index is 0.654. The summed E-state index contributed by atoms with van der Waals surface area (Å²) < 4.78 is 1.16. The van der Waals surface area contributed by atoms with Crippen molar-refractivity contribution in [3.8, 4) is 0 Å². The van der Waals surface area contributed by atoms with E-state index in [0.29, 0.717) is 6.54 Å². The summed E-state index contributed by atoms with van der Waals surface area (Å²) in [4.78, 5) is 24.9. The minimum absolute atomic E-state index is 0.654. The average molecular weight is 483 g/mol. The van der Waals surface area contributed by atoms with Crippen LogP contribution in [0.3, 0.4) is 0 Å². The average Bonchev–Trinajstić information content (AvgIpc) is 3.57. The zero-order valence-electron chi connectivity index (χ0n) is 19.4. The van der Waals surface area contributed by atoms with E-state index >= 15 is 0 Å². The quantitative estimate of drug-likeness (QED) is 0.272. The Hall–Kier alpha value is -4.17. The molecule has 0 atom stereocenters. The second kappa shape index (κ2) is 10.4. The fraction of sp³-hybridized carbons (Fsp3) is 0.148. The van der Waals surface area contributed by atoms with Gasteiger partial charge in [0.25, 0.3) is 0 Å². The van der Waals surface area contributed by atoms with Gasteiger partial charge in [0.1, 0.15) is 5.65 Å². The Bertz CT molecular complexity index is 1470. The van der Waals surface area contributed by atoms with Crippen molar-refractivity contribution in [3.05, 3.63) is 84.1 Å². The number of hydrogen-bond acceptors (Lipinski definition) is 6. The molecule has 0 aliphatic carbocycles. The standard InChI is InChI=1S/C20H17N5OS.C7H9N/c26-12-25-7-4-13(5-8-25)18-10-15-16(3-6-21-20(15)24-18)23-14-1-2-17-19(9-14)27-11-22-17;1-8-7-5-3-2-4-6-7/h1-4,6,9-12H,5,7-8H2,(H2,21,23,24);2-6,8H,1H3. The molecule has 3 aromatic heterocycles. The van der Waals surface area contributed by atoms with Crippen LogP contribution < -0.4 is 10.6 Å². The predicted molar refractivity (Wildman–Crippen MR) is 145 cm³/mol. The maximum Gasteiger partial charge on any atom is 0.209 e. The molecule has 6 rings (SSSR count). The molecule has 0 spiro atoms. The number of thiazole rings is 1. The van der Waals surface area contributed by atoms with E-state index in [0.717, 1.165) is 63.4 Å². The number of para-hydroxylation sites is 1. The lowest BCUT2D eigenvalue weighted by Gasteiger charge is -2.21. The molecular weight excluding hydrogens is 456 g/mol. The Labute approximate surface area is 207 Å². The lowest BCUT2D eigenvalue weighted by atomic mass is 10.1. The van der Waals surface area contributed by atoms with E-state index in [1.807, 2.05) is 61.1 Å². The van der Waals surface area contributed by atoms with Gasteiger partial charge in [-0.1, -0.05) is 24.3 Å². The summed E-state index contributed by atoms with van der Waals surface area (Å²) in [6.45, 7) is 1.40. The monoisotopic (exact) mass is 482 g/mol. The van der Waals surface area contributed by atoms with E-state index in [4.69, 9.17) is 0 Å². The molecule has 8 heteroatoms. The van der Waals surface area contributed by atoms with Gasteiger partial charge in [0.2, 0.25) is 6.41 Å². The number of fused-ring (bicyclic) bond motifs is 2. The van der Waals surface area contributed by atoms with Gasteiger partial charge in [0, 0.05) is 48.8 Å². The number of pyridine rings is 1. The number of hydrogen-bond donors (Lipinski definition) is 3. The van der Waals surface area contributed by atoms with Gasteiger partial charge in [-0.15, -0.1) is 11.3 Å². The van der Waals surface area contributed by atoms with Crippen molar-refractivity contribution in [3.63, 3.8) is 0 Å². The van der Waals surface area contributed by atoms with E-state index in [1.54, 1.807) is 22.4 Å². The van der Waals surface area contributed by atoms with Crippen LogP contribution in [-0.4, -0.2) is 46.4 Å². The van der Waals surface area contributed by atoms with Crippen molar-refractivity contribution < 1.29 is 4.79 Å². The third-order valence-corrected chi connectivity index (χ3v) is 6.73. The van der Waals surface area contributed by atoms with Crippen molar-refractivity contribution >= 4 is 61.6 Å². The Morgan fingerprint density at radius 2 is 1.94 bits per heavy atom. The lowest BCUT2D eigenvalue weighted by molar-refractivity contribution is -0.117. The van der Waals surface area contributed by atoms with Crippen molar-refractivity contribution in [1.29, 1.82) is 0 Å². The second-order valence-corrected chi connectivity index (χ2v) is 9.05. The van der Waals surface area contributed by atoms with Crippen molar-refractivity contribution in [2.24, 2.45) is 0 Å². The molecule has 1 amide bonds. The number of carbonyl (C=O) groups excluding carboxylic acids is 1. The van der Waals surface area contributed by atoms with E-state index in [9.17, 15) is 4.79 Å².